The van der Waals surface area contributed by atoms with Crippen molar-refractivity contribution in [2.75, 3.05) is 13.2 Å². The number of amides is 1. The number of benzene rings is 1. The zero-order valence-electron chi connectivity index (χ0n) is 14.5. The molecule has 1 aromatic carbocycles. The molecule has 25 heavy (non-hydrogen) atoms. The number of carbonyl (C=O) groups excluding carboxylic acids is 1. The molecule has 1 fully saturated rings. The molecule has 4 rings (SSSR count). The molecule has 1 amide bonds. The maximum absolute atomic E-state index is 12.5. The fourth-order valence-electron chi connectivity index (χ4n) is 3.11. The van der Waals surface area contributed by atoms with Crippen molar-refractivity contribution >= 4 is 5.91 Å². The third kappa shape index (κ3) is 3.69. The molecule has 0 unspecified atom stereocenters. The summed E-state index contributed by atoms with van der Waals surface area (Å²) in [5.74, 6) is 1.43. The lowest BCUT2D eigenvalue weighted by molar-refractivity contribution is 0.0944. The normalized spacial score (nSPS) is 16.4. The quantitative estimate of drug-likeness (QED) is 0.752. The first-order valence-corrected chi connectivity index (χ1v) is 8.98. The molecule has 6 heteroatoms. The molecule has 0 spiro atoms. The van der Waals surface area contributed by atoms with Crippen LogP contribution in [0.3, 0.4) is 0 Å². The van der Waals surface area contributed by atoms with Crippen LogP contribution in [0.4, 0.5) is 0 Å². The Morgan fingerprint density at radius 2 is 2.28 bits per heavy atom. The van der Waals surface area contributed by atoms with E-state index in [4.69, 9.17) is 4.74 Å². The third-order valence-electron chi connectivity index (χ3n) is 4.85. The molecule has 6 nitrogen and oxygen atoms in total. The standard InChI is InChI=1S/C19H24N4O2/c1-12-2-5-14(17(8-12)25-11-13-3-4-13)9-21-19(24)18-15-10-20-7-6-16(15)22-23-18/h2,5,8,13,20H,3-4,6-7,9-11H2,1H3,(H,21,24)(H,22,23). The summed E-state index contributed by atoms with van der Waals surface area (Å²) in [6.07, 6.45) is 3.40. The molecule has 0 bridgehead atoms. The van der Waals surface area contributed by atoms with Crippen molar-refractivity contribution in [1.82, 2.24) is 20.8 Å². The molecule has 1 aromatic heterocycles. The zero-order chi connectivity index (χ0) is 17.2. The number of fused-ring (bicyclic) bond motifs is 1. The maximum atomic E-state index is 12.5. The molecular weight excluding hydrogens is 316 g/mol. The zero-order valence-corrected chi connectivity index (χ0v) is 14.5. The first-order chi connectivity index (χ1) is 12.2. The van der Waals surface area contributed by atoms with E-state index in [9.17, 15) is 4.79 Å². The molecule has 2 heterocycles. The van der Waals surface area contributed by atoms with Crippen LogP contribution in [0.2, 0.25) is 0 Å². The number of aryl methyl sites for hydroxylation is 1. The Hall–Kier alpha value is -2.34. The van der Waals surface area contributed by atoms with E-state index < -0.39 is 0 Å². The Morgan fingerprint density at radius 1 is 1.40 bits per heavy atom. The van der Waals surface area contributed by atoms with Crippen LogP contribution in [0.15, 0.2) is 18.2 Å². The monoisotopic (exact) mass is 340 g/mol. The third-order valence-corrected chi connectivity index (χ3v) is 4.85. The van der Waals surface area contributed by atoms with E-state index in [-0.39, 0.29) is 5.91 Å². The highest BCUT2D eigenvalue weighted by Gasteiger charge is 2.23. The summed E-state index contributed by atoms with van der Waals surface area (Å²) >= 11 is 0. The van der Waals surface area contributed by atoms with Crippen molar-refractivity contribution in [2.45, 2.75) is 39.3 Å². The molecule has 1 aliphatic heterocycles. The first kappa shape index (κ1) is 16.1. The molecule has 1 saturated carbocycles. The molecule has 0 saturated heterocycles. The second kappa shape index (κ2) is 6.88. The lowest BCUT2D eigenvalue weighted by Crippen LogP contribution is -2.28. The minimum Gasteiger partial charge on any atom is -0.493 e. The topological polar surface area (TPSA) is 79.0 Å². The highest BCUT2D eigenvalue weighted by molar-refractivity contribution is 5.94. The molecule has 2 aliphatic rings. The van der Waals surface area contributed by atoms with Gasteiger partial charge in [-0.15, -0.1) is 0 Å². The summed E-state index contributed by atoms with van der Waals surface area (Å²) in [4.78, 5) is 12.5. The molecule has 132 valence electrons. The minimum atomic E-state index is -0.144. The molecule has 0 radical (unpaired) electrons. The van der Waals surface area contributed by atoms with Crippen molar-refractivity contribution in [3.8, 4) is 5.75 Å². The Morgan fingerprint density at radius 3 is 3.12 bits per heavy atom. The first-order valence-electron chi connectivity index (χ1n) is 8.98. The van der Waals surface area contributed by atoms with Crippen LogP contribution in [0.5, 0.6) is 5.75 Å². The van der Waals surface area contributed by atoms with Crippen LogP contribution < -0.4 is 15.4 Å². The van der Waals surface area contributed by atoms with E-state index in [0.29, 0.717) is 24.7 Å². The van der Waals surface area contributed by atoms with Crippen LogP contribution in [0, 0.1) is 12.8 Å². The minimum absolute atomic E-state index is 0.144. The van der Waals surface area contributed by atoms with E-state index in [2.05, 4.69) is 27.8 Å². The molecule has 3 N–H and O–H groups in total. The Kier molecular flexibility index (Phi) is 4.44. The number of hydrogen-bond donors (Lipinski definition) is 3. The van der Waals surface area contributed by atoms with Crippen molar-refractivity contribution in [3.63, 3.8) is 0 Å². The lowest BCUT2D eigenvalue weighted by Gasteiger charge is -2.14. The highest BCUT2D eigenvalue weighted by atomic mass is 16.5. The molecular formula is C19H24N4O2. The predicted octanol–water partition coefficient (Wildman–Crippen LogP) is 2.08. The van der Waals surface area contributed by atoms with Crippen LogP contribution in [0.1, 0.15) is 45.7 Å². The average molecular weight is 340 g/mol. The predicted molar refractivity (Wildman–Crippen MR) is 94.6 cm³/mol. The smallest absolute Gasteiger partial charge is 0.272 e. The second-order valence-electron chi connectivity index (χ2n) is 7.00. The Labute approximate surface area is 147 Å². The molecule has 1 aliphatic carbocycles. The van der Waals surface area contributed by atoms with Gasteiger partial charge in [0.25, 0.3) is 5.91 Å². The fraction of sp³-hybridized carbons (Fsp3) is 0.474. The van der Waals surface area contributed by atoms with Crippen LogP contribution in [-0.4, -0.2) is 29.3 Å². The largest absolute Gasteiger partial charge is 0.493 e. The van der Waals surface area contributed by atoms with E-state index in [1.54, 1.807) is 0 Å². The van der Waals surface area contributed by atoms with Gasteiger partial charge >= 0.3 is 0 Å². The van der Waals surface area contributed by atoms with Gasteiger partial charge in [-0.05, 0) is 37.3 Å². The van der Waals surface area contributed by atoms with Crippen LogP contribution in [0.25, 0.3) is 0 Å². The summed E-state index contributed by atoms with van der Waals surface area (Å²) < 4.78 is 5.97. The number of aromatic nitrogens is 2. The fourth-order valence-corrected chi connectivity index (χ4v) is 3.11. The van der Waals surface area contributed by atoms with Gasteiger partial charge in [0.05, 0.1) is 6.61 Å². The van der Waals surface area contributed by atoms with Crippen LogP contribution in [-0.2, 0) is 19.5 Å². The number of hydrogen-bond acceptors (Lipinski definition) is 4. The highest BCUT2D eigenvalue weighted by Crippen LogP contribution is 2.30. The number of H-pyrrole nitrogens is 1. The number of nitrogens with zero attached hydrogens (tertiary/aromatic N) is 1. The lowest BCUT2D eigenvalue weighted by atomic mass is 10.1. The van der Waals surface area contributed by atoms with Gasteiger partial charge in [0.1, 0.15) is 5.75 Å². The van der Waals surface area contributed by atoms with Crippen molar-refractivity contribution in [1.29, 1.82) is 0 Å². The Balaban J connectivity index is 1.43. The van der Waals surface area contributed by atoms with Gasteiger partial charge < -0.3 is 15.4 Å². The summed E-state index contributed by atoms with van der Waals surface area (Å²) in [5.41, 5.74) is 4.70. The number of rotatable bonds is 6. The van der Waals surface area contributed by atoms with Crippen LogP contribution >= 0.6 is 0 Å². The summed E-state index contributed by atoms with van der Waals surface area (Å²) in [6.45, 7) is 4.86. The van der Waals surface area contributed by atoms with E-state index >= 15 is 0 Å². The molecule has 2 aromatic rings. The summed E-state index contributed by atoms with van der Waals surface area (Å²) in [5, 5.41) is 13.5. The van der Waals surface area contributed by atoms with Gasteiger partial charge in [-0.1, -0.05) is 12.1 Å². The summed E-state index contributed by atoms with van der Waals surface area (Å²) in [6, 6.07) is 6.12. The van der Waals surface area contributed by atoms with E-state index in [1.165, 1.54) is 12.8 Å². The SMILES string of the molecule is Cc1ccc(CNC(=O)c2n[nH]c3c2CNCC3)c(OCC2CC2)c1. The van der Waals surface area contributed by atoms with Gasteiger partial charge in [-0.2, -0.15) is 5.10 Å². The van der Waals surface area contributed by atoms with Crippen molar-refractivity contribution < 1.29 is 9.53 Å². The second-order valence-corrected chi connectivity index (χ2v) is 7.00. The van der Waals surface area contributed by atoms with Gasteiger partial charge in [0.15, 0.2) is 5.69 Å². The summed E-state index contributed by atoms with van der Waals surface area (Å²) in [7, 11) is 0. The van der Waals surface area contributed by atoms with Gasteiger partial charge in [-0.25, -0.2) is 0 Å². The van der Waals surface area contributed by atoms with E-state index in [0.717, 1.165) is 47.7 Å². The average Bonchev–Trinajstić information content (AvgIpc) is 3.35. The maximum Gasteiger partial charge on any atom is 0.272 e. The Bertz CT molecular complexity index is 780. The number of nitrogens with one attached hydrogen (secondary N) is 3. The van der Waals surface area contributed by atoms with Crippen molar-refractivity contribution in [2.24, 2.45) is 5.92 Å². The number of ether oxygens (including phenoxy) is 1. The number of aromatic amines is 1. The molecule has 0 atom stereocenters. The van der Waals surface area contributed by atoms with Gasteiger partial charge in [0.2, 0.25) is 0 Å². The van der Waals surface area contributed by atoms with E-state index in [1.807, 2.05) is 18.2 Å². The van der Waals surface area contributed by atoms with Gasteiger partial charge in [-0.3, -0.25) is 9.89 Å². The van der Waals surface area contributed by atoms with Gasteiger partial charge in [0, 0.05) is 42.9 Å². The number of carbonyl (C=O) groups is 1. The van der Waals surface area contributed by atoms with Crippen molar-refractivity contribution in [3.05, 3.63) is 46.3 Å².